The molecule has 1 saturated heterocycles. The highest BCUT2D eigenvalue weighted by molar-refractivity contribution is 5.67. The molecule has 2 heterocycles. The van der Waals surface area contributed by atoms with Gasteiger partial charge in [-0.15, -0.1) is 0 Å². The molecule has 0 atom stereocenters. The summed E-state index contributed by atoms with van der Waals surface area (Å²) in [6.45, 7) is 9.30. The molecule has 0 bridgehead atoms. The van der Waals surface area contributed by atoms with Crippen molar-refractivity contribution in [3.63, 3.8) is 0 Å². The second-order valence-corrected chi connectivity index (χ2v) is 6.31. The number of nitrogens with zero attached hydrogens (tertiary/aromatic N) is 4. The summed E-state index contributed by atoms with van der Waals surface area (Å²) in [5.41, 5.74) is 6.74. The van der Waals surface area contributed by atoms with E-state index in [1.807, 2.05) is 13.8 Å². The van der Waals surface area contributed by atoms with Gasteiger partial charge in [0.05, 0.1) is 6.10 Å². The molecular formula is C15H25N5O. The summed E-state index contributed by atoms with van der Waals surface area (Å²) in [7, 11) is 0. The van der Waals surface area contributed by atoms with Crippen molar-refractivity contribution in [3.8, 4) is 5.88 Å². The monoisotopic (exact) mass is 291 g/mol. The topological polar surface area (TPSA) is 67.5 Å². The molecule has 2 aliphatic rings. The summed E-state index contributed by atoms with van der Waals surface area (Å²) < 4.78 is 5.65. The van der Waals surface area contributed by atoms with Gasteiger partial charge in [0.2, 0.25) is 5.88 Å². The first-order valence-electron chi connectivity index (χ1n) is 7.88. The number of hydrogen-bond acceptors (Lipinski definition) is 6. The van der Waals surface area contributed by atoms with Crippen LogP contribution in [0.2, 0.25) is 0 Å². The van der Waals surface area contributed by atoms with Gasteiger partial charge in [-0.1, -0.05) is 0 Å². The lowest BCUT2D eigenvalue weighted by Crippen LogP contribution is -2.47. The van der Waals surface area contributed by atoms with Crippen LogP contribution >= 0.6 is 0 Å². The zero-order chi connectivity index (χ0) is 14.8. The highest BCUT2D eigenvalue weighted by Gasteiger charge is 2.27. The Morgan fingerprint density at radius 3 is 2.57 bits per heavy atom. The molecule has 0 spiro atoms. The Balaban J connectivity index is 1.64. The molecule has 116 valence electrons. The normalized spacial score (nSPS) is 20.0. The SMILES string of the molecule is CC(C)Oc1ncnc(N2CCN(CC3CC3)CC2)c1N. The van der Waals surface area contributed by atoms with Gasteiger partial charge >= 0.3 is 0 Å². The van der Waals surface area contributed by atoms with E-state index < -0.39 is 0 Å². The van der Waals surface area contributed by atoms with E-state index in [1.54, 1.807) is 6.33 Å². The molecular weight excluding hydrogens is 266 g/mol. The number of ether oxygens (including phenoxy) is 1. The zero-order valence-corrected chi connectivity index (χ0v) is 13.0. The lowest BCUT2D eigenvalue weighted by Gasteiger charge is -2.35. The number of anilines is 2. The van der Waals surface area contributed by atoms with Crippen LogP contribution in [-0.4, -0.2) is 53.7 Å². The molecule has 2 fully saturated rings. The fourth-order valence-electron chi connectivity index (χ4n) is 2.75. The molecule has 0 aromatic carbocycles. The van der Waals surface area contributed by atoms with E-state index in [2.05, 4.69) is 19.8 Å². The van der Waals surface area contributed by atoms with Crippen LogP contribution in [0, 0.1) is 5.92 Å². The third-order valence-electron chi connectivity index (χ3n) is 4.06. The van der Waals surface area contributed by atoms with Gasteiger partial charge in [-0.2, -0.15) is 4.98 Å². The Bertz CT molecular complexity index is 481. The summed E-state index contributed by atoms with van der Waals surface area (Å²) >= 11 is 0. The van der Waals surface area contributed by atoms with Crippen molar-refractivity contribution in [1.82, 2.24) is 14.9 Å². The van der Waals surface area contributed by atoms with Gasteiger partial charge in [0.15, 0.2) is 5.82 Å². The Kier molecular flexibility index (Phi) is 4.14. The van der Waals surface area contributed by atoms with Crippen LogP contribution in [0.3, 0.4) is 0 Å². The van der Waals surface area contributed by atoms with Crippen molar-refractivity contribution in [3.05, 3.63) is 6.33 Å². The van der Waals surface area contributed by atoms with Gasteiger partial charge in [0.1, 0.15) is 12.0 Å². The lowest BCUT2D eigenvalue weighted by molar-refractivity contribution is 0.233. The molecule has 1 aliphatic heterocycles. The number of nitrogens with two attached hydrogens (primary N) is 1. The number of aromatic nitrogens is 2. The van der Waals surface area contributed by atoms with E-state index in [-0.39, 0.29) is 6.10 Å². The van der Waals surface area contributed by atoms with Crippen molar-refractivity contribution in [2.75, 3.05) is 43.4 Å². The van der Waals surface area contributed by atoms with Crippen LogP contribution in [0.25, 0.3) is 0 Å². The molecule has 1 aromatic rings. The Morgan fingerprint density at radius 1 is 1.24 bits per heavy atom. The Morgan fingerprint density at radius 2 is 1.95 bits per heavy atom. The predicted molar refractivity (Wildman–Crippen MR) is 83.6 cm³/mol. The van der Waals surface area contributed by atoms with E-state index in [4.69, 9.17) is 10.5 Å². The van der Waals surface area contributed by atoms with Crippen LogP contribution in [0.1, 0.15) is 26.7 Å². The number of rotatable bonds is 5. The van der Waals surface area contributed by atoms with Gasteiger partial charge < -0.3 is 15.4 Å². The van der Waals surface area contributed by atoms with Crippen molar-refractivity contribution in [2.45, 2.75) is 32.8 Å². The average molecular weight is 291 g/mol. The zero-order valence-electron chi connectivity index (χ0n) is 13.0. The summed E-state index contributed by atoms with van der Waals surface area (Å²) in [4.78, 5) is 13.3. The summed E-state index contributed by atoms with van der Waals surface area (Å²) in [6.07, 6.45) is 4.43. The third kappa shape index (κ3) is 3.56. The largest absolute Gasteiger partial charge is 0.473 e. The molecule has 0 radical (unpaired) electrons. The summed E-state index contributed by atoms with van der Waals surface area (Å²) in [5.74, 6) is 2.26. The summed E-state index contributed by atoms with van der Waals surface area (Å²) in [6, 6.07) is 0. The molecule has 21 heavy (non-hydrogen) atoms. The van der Waals surface area contributed by atoms with Crippen LogP contribution in [-0.2, 0) is 0 Å². The average Bonchev–Trinajstić information content (AvgIpc) is 3.26. The first-order chi connectivity index (χ1) is 10.1. The molecule has 1 saturated carbocycles. The molecule has 6 nitrogen and oxygen atoms in total. The maximum Gasteiger partial charge on any atom is 0.242 e. The van der Waals surface area contributed by atoms with Crippen LogP contribution in [0.5, 0.6) is 5.88 Å². The summed E-state index contributed by atoms with van der Waals surface area (Å²) in [5, 5.41) is 0. The number of nitrogen functional groups attached to an aromatic ring is 1. The molecule has 1 aliphatic carbocycles. The fourth-order valence-corrected chi connectivity index (χ4v) is 2.75. The molecule has 0 unspecified atom stereocenters. The van der Waals surface area contributed by atoms with Gasteiger partial charge in [-0.25, -0.2) is 4.98 Å². The lowest BCUT2D eigenvalue weighted by atomic mass is 10.2. The van der Waals surface area contributed by atoms with Crippen molar-refractivity contribution >= 4 is 11.5 Å². The maximum absolute atomic E-state index is 6.18. The number of piperazine rings is 1. The number of hydrogen-bond donors (Lipinski definition) is 1. The molecule has 2 N–H and O–H groups in total. The predicted octanol–water partition coefficient (Wildman–Crippen LogP) is 1.38. The van der Waals surface area contributed by atoms with Crippen molar-refractivity contribution in [2.24, 2.45) is 5.92 Å². The minimum Gasteiger partial charge on any atom is -0.473 e. The molecule has 6 heteroatoms. The second kappa shape index (κ2) is 6.05. The highest BCUT2D eigenvalue weighted by Crippen LogP contribution is 2.31. The van der Waals surface area contributed by atoms with Gasteiger partial charge in [0, 0.05) is 32.7 Å². The standard InChI is InChI=1S/C15H25N5O/c1-11(2)21-15-13(16)14(17-10-18-15)20-7-5-19(6-8-20)9-12-3-4-12/h10-12H,3-9,16H2,1-2H3. The minimum atomic E-state index is 0.0606. The van der Waals surface area contributed by atoms with Crippen LogP contribution < -0.4 is 15.4 Å². The Labute approximate surface area is 126 Å². The molecule has 3 rings (SSSR count). The van der Waals surface area contributed by atoms with Gasteiger partial charge in [0.25, 0.3) is 0 Å². The minimum absolute atomic E-state index is 0.0606. The maximum atomic E-state index is 6.18. The van der Waals surface area contributed by atoms with E-state index in [0.29, 0.717) is 11.6 Å². The van der Waals surface area contributed by atoms with E-state index in [9.17, 15) is 0 Å². The third-order valence-corrected chi connectivity index (χ3v) is 4.06. The van der Waals surface area contributed by atoms with E-state index in [1.165, 1.54) is 19.4 Å². The van der Waals surface area contributed by atoms with Gasteiger partial charge in [-0.3, -0.25) is 4.90 Å². The van der Waals surface area contributed by atoms with Crippen molar-refractivity contribution < 1.29 is 4.74 Å². The second-order valence-electron chi connectivity index (χ2n) is 6.31. The highest BCUT2D eigenvalue weighted by atomic mass is 16.5. The fraction of sp³-hybridized carbons (Fsp3) is 0.733. The van der Waals surface area contributed by atoms with Crippen molar-refractivity contribution in [1.29, 1.82) is 0 Å². The van der Waals surface area contributed by atoms with E-state index >= 15 is 0 Å². The Hall–Kier alpha value is -1.56. The first-order valence-corrected chi connectivity index (χ1v) is 7.88. The van der Waals surface area contributed by atoms with Crippen LogP contribution in [0.15, 0.2) is 6.33 Å². The molecule has 1 aromatic heterocycles. The van der Waals surface area contributed by atoms with Crippen LogP contribution in [0.4, 0.5) is 11.5 Å². The molecule has 0 amide bonds. The smallest absolute Gasteiger partial charge is 0.242 e. The van der Waals surface area contributed by atoms with E-state index in [0.717, 1.165) is 37.9 Å². The quantitative estimate of drug-likeness (QED) is 0.884. The first kappa shape index (κ1) is 14.4. The van der Waals surface area contributed by atoms with Gasteiger partial charge in [-0.05, 0) is 32.6 Å².